The van der Waals surface area contributed by atoms with Crippen LogP contribution in [0, 0.1) is 0 Å². The molecule has 0 bridgehead atoms. The summed E-state index contributed by atoms with van der Waals surface area (Å²) in [5.74, 6) is 1.45. The number of benzene rings is 1. The molecule has 4 N–H and O–H groups in total. The highest BCUT2D eigenvalue weighted by molar-refractivity contribution is 5.89. The predicted molar refractivity (Wildman–Crippen MR) is 89.9 cm³/mol. The molecule has 7 heteroatoms. The summed E-state index contributed by atoms with van der Waals surface area (Å²) in [4.78, 5) is 12.3. The van der Waals surface area contributed by atoms with Gasteiger partial charge in [-0.05, 0) is 37.1 Å². The molecule has 1 aliphatic carbocycles. The maximum absolute atomic E-state index is 4.64. The first-order valence-corrected chi connectivity index (χ1v) is 7.67. The van der Waals surface area contributed by atoms with E-state index in [1.807, 2.05) is 30.5 Å². The van der Waals surface area contributed by atoms with Crippen LogP contribution >= 0.6 is 0 Å². The lowest BCUT2D eigenvalue weighted by molar-refractivity contribution is 1.10. The van der Waals surface area contributed by atoms with Gasteiger partial charge >= 0.3 is 0 Å². The molecule has 3 aromatic heterocycles. The standard InChI is InChI=1S/C16H15N7/c1-2-11(7-13-9(1)8-18-23-13)20-16-21-14-12(5-6-17-14)15(22-16)19-10-3-4-10/h1-2,5-8,10H,3-4H2,(H,18,23)(H3,17,19,20,21,22). The fourth-order valence-electron chi connectivity index (χ4n) is 2.67. The van der Waals surface area contributed by atoms with Crippen molar-refractivity contribution in [3.05, 3.63) is 36.7 Å². The van der Waals surface area contributed by atoms with Gasteiger partial charge in [0.1, 0.15) is 11.5 Å². The number of nitrogens with zero attached hydrogens (tertiary/aromatic N) is 3. The minimum Gasteiger partial charge on any atom is -0.367 e. The van der Waals surface area contributed by atoms with Crippen molar-refractivity contribution in [1.29, 1.82) is 0 Å². The van der Waals surface area contributed by atoms with Crippen molar-refractivity contribution in [2.45, 2.75) is 18.9 Å². The second-order valence-corrected chi connectivity index (χ2v) is 5.85. The van der Waals surface area contributed by atoms with Gasteiger partial charge in [-0.2, -0.15) is 15.1 Å². The van der Waals surface area contributed by atoms with Crippen LogP contribution in [0.5, 0.6) is 0 Å². The third-order valence-electron chi connectivity index (χ3n) is 4.03. The molecular weight excluding hydrogens is 290 g/mol. The molecule has 0 amide bonds. The van der Waals surface area contributed by atoms with Crippen LogP contribution in [0.4, 0.5) is 17.5 Å². The number of rotatable bonds is 4. The lowest BCUT2D eigenvalue weighted by Crippen LogP contribution is -2.06. The maximum atomic E-state index is 4.64. The van der Waals surface area contributed by atoms with Crippen LogP contribution in [0.3, 0.4) is 0 Å². The molecular formula is C16H15N7. The lowest BCUT2D eigenvalue weighted by atomic mass is 10.2. The summed E-state index contributed by atoms with van der Waals surface area (Å²) >= 11 is 0. The number of fused-ring (bicyclic) bond motifs is 2. The molecule has 114 valence electrons. The van der Waals surface area contributed by atoms with Gasteiger partial charge in [0.2, 0.25) is 5.95 Å². The van der Waals surface area contributed by atoms with Crippen molar-refractivity contribution >= 4 is 39.4 Å². The number of hydrogen-bond acceptors (Lipinski definition) is 5. The number of hydrogen-bond donors (Lipinski definition) is 4. The van der Waals surface area contributed by atoms with E-state index in [0.29, 0.717) is 12.0 Å². The average Bonchev–Trinajstić information content (AvgIpc) is 3.06. The van der Waals surface area contributed by atoms with Gasteiger partial charge in [-0.3, -0.25) is 5.10 Å². The number of aromatic amines is 2. The van der Waals surface area contributed by atoms with Crippen LogP contribution < -0.4 is 10.6 Å². The Morgan fingerprint density at radius 1 is 1.13 bits per heavy atom. The Balaban J connectivity index is 1.53. The molecule has 7 nitrogen and oxygen atoms in total. The van der Waals surface area contributed by atoms with Crippen LogP contribution in [0.15, 0.2) is 36.7 Å². The fourth-order valence-corrected chi connectivity index (χ4v) is 2.67. The van der Waals surface area contributed by atoms with Crippen LogP contribution in [0.2, 0.25) is 0 Å². The first-order valence-electron chi connectivity index (χ1n) is 7.67. The van der Waals surface area contributed by atoms with E-state index in [1.165, 1.54) is 12.8 Å². The molecule has 0 spiro atoms. The van der Waals surface area contributed by atoms with E-state index >= 15 is 0 Å². The van der Waals surface area contributed by atoms with E-state index in [1.54, 1.807) is 6.20 Å². The summed E-state index contributed by atoms with van der Waals surface area (Å²) in [7, 11) is 0. The Bertz CT molecular complexity index is 996. The van der Waals surface area contributed by atoms with Gasteiger partial charge in [0.25, 0.3) is 0 Å². The highest BCUT2D eigenvalue weighted by Crippen LogP contribution is 2.29. The van der Waals surface area contributed by atoms with Gasteiger partial charge < -0.3 is 15.6 Å². The van der Waals surface area contributed by atoms with Gasteiger partial charge in [0, 0.05) is 23.3 Å². The van der Waals surface area contributed by atoms with E-state index < -0.39 is 0 Å². The monoisotopic (exact) mass is 305 g/mol. The number of aromatic nitrogens is 5. The number of nitrogens with one attached hydrogen (secondary N) is 4. The summed E-state index contributed by atoms with van der Waals surface area (Å²) in [5.41, 5.74) is 2.73. The molecule has 0 aliphatic heterocycles. The zero-order chi connectivity index (χ0) is 15.2. The topological polar surface area (TPSA) is 94.3 Å². The van der Waals surface area contributed by atoms with Crippen molar-refractivity contribution in [2.75, 3.05) is 10.6 Å². The second-order valence-electron chi connectivity index (χ2n) is 5.85. The Hall–Kier alpha value is -3.09. The zero-order valence-corrected chi connectivity index (χ0v) is 12.3. The summed E-state index contributed by atoms with van der Waals surface area (Å²) in [5, 5.41) is 15.8. The van der Waals surface area contributed by atoms with Crippen LogP contribution in [-0.2, 0) is 0 Å². The normalized spacial score (nSPS) is 14.4. The molecule has 4 aromatic rings. The predicted octanol–water partition coefficient (Wildman–Crippen LogP) is 3.15. The minimum atomic E-state index is 0.539. The Morgan fingerprint density at radius 3 is 3.00 bits per heavy atom. The van der Waals surface area contributed by atoms with Crippen LogP contribution in [0.25, 0.3) is 21.9 Å². The molecule has 0 atom stereocenters. The average molecular weight is 305 g/mol. The van der Waals surface area contributed by atoms with E-state index in [2.05, 4.69) is 35.8 Å². The molecule has 0 unspecified atom stereocenters. The van der Waals surface area contributed by atoms with Gasteiger partial charge in [-0.15, -0.1) is 0 Å². The fraction of sp³-hybridized carbons (Fsp3) is 0.188. The summed E-state index contributed by atoms with van der Waals surface area (Å²) < 4.78 is 0. The lowest BCUT2D eigenvalue weighted by Gasteiger charge is -2.09. The quantitative estimate of drug-likeness (QED) is 0.464. The van der Waals surface area contributed by atoms with E-state index in [9.17, 15) is 0 Å². The van der Waals surface area contributed by atoms with Gasteiger partial charge in [-0.1, -0.05) is 0 Å². The van der Waals surface area contributed by atoms with Crippen molar-refractivity contribution < 1.29 is 0 Å². The molecule has 0 saturated heterocycles. The van der Waals surface area contributed by atoms with Crippen molar-refractivity contribution in [3.63, 3.8) is 0 Å². The largest absolute Gasteiger partial charge is 0.367 e. The number of anilines is 3. The van der Waals surface area contributed by atoms with Crippen molar-refractivity contribution in [1.82, 2.24) is 25.1 Å². The smallest absolute Gasteiger partial charge is 0.231 e. The maximum Gasteiger partial charge on any atom is 0.231 e. The van der Waals surface area contributed by atoms with Gasteiger partial charge in [-0.25, -0.2) is 0 Å². The first kappa shape index (κ1) is 12.5. The SMILES string of the molecule is c1cc2c(NC3CC3)nc(Nc3ccc4cn[nH]c4c3)nc2[nH]1. The summed E-state index contributed by atoms with van der Waals surface area (Å²) in [6.07, 6.45) is 6.10. The molecule has 1 saturated carbocycles. The highest BCUT2D eigenvalue weighted by atomic mass is 15.2. The van der Waals surface area contributed by atoms with Crippen molar-refractivity contribution in [2.24, 2.45) is 0 Å². The molecule has 1 aliphatic rings. The second kappa shape index (κ2) is 4.70. The van der Waals surface area contributed by atoms with E-state index in [-0.39, 0.29) is 0 Å². The molecule has 3 heterocycles. The third kappa shape index (κ3) is 2.26. The Labute approximate surface area is 131 Å². The Morgan fingerprint density at radius 2 is 2.09 bits per heavy atom. The molecule has 0 radical (unpaired) electrons. The van der Waals surface area contributed by atoms with Crippen LogP contribution in [-0.4, -0.2) is 31.2 Å². The van der Waals surface area contributed by atoms with Crippen molar-refractivity contribution in [3.8, 4) is 0 Å². The zero-order valence-electron chi connectivity index (χ0n) is 12.3. The Kier molecular flexibility index (Phi) is 2.55. The summed E-state index contributed by atoms with van der Waals surface area (Å²) in [6, 6.07) is 8.54. The van der Waals surface area contributed by atoms with Gasteiger partial charge in [0.05, 0.1) is 17.1 Å². The minimum absolute atomic E-state index is 0.539. The van der Waals surface area contributed by atoms with E-state index in [4.69, 9.17) is 0 Å². The first-order chi connectivity index (χ1) is 11.3. The van der Waals surface area contributed by atoms with Gasteiger partial charge in [0.15, 0.2) is 0 Å². The molecule has 1 aromatic carbocycles. The summed E-state index contributed by atoms with van der Waals surface area (Å²) in [6.45, 7) is 0. The highest BCUT2D eigenvalue weighted by Gasteiger charge is 2.23. The van der Waals surface area contributed by atoms with Crippen LogP contribution in [0.1, 0.15) is 12.8 Å². The van der Waals surface area contributed by atoms with E-state index in [0.717, 1.165) is 33.4 Å². The molecule has 23 heavy (non-hydrogen) atoms. The third-order valence-corrected chi connectivity index (χ3v) is 4.03. The number of H-pyrrole nitrogens is 2. The molecule has 5 rings (SSSR count). The molecule has 1 fully saturated rings.